The van der Waals surface area contributed by atoms with Crippen LogP contribution in [0.2, 0.25) is 0 Å². The number of nitrogens with zero attached hydrogens (tertiary/aromatic N) is 2. The number of aryl methyl sites for hydroxylation is 2. The molecule has 0 aliphatic rings. The van der Waals surface area contributed by atoms with Gasteiger partial charge in [0.2, 0.25) is 0 Å². The second-order valence-corrected chi connectivity index (χ2v) is 5.25. The second-order valence-electron chi connectivity index (χ2n) is 3.99. The first-order valence-electron chi connectivity index (χ1n) is 5.50. The largest absolute Gasteiger partial charge is 0.362 e. The molecule has 0 radical (unpaired) electrons. The molecule has 1 amide bonds. The minimum atomic E-state index is -0.104. The maximum atomic E-state index is 12.0. The average Bonchev–Trinajstić information content (AvgIpc) is 2.88. The predicted molar refractivity (Wildman–Crippen MR) is 71.0 cm³/mol. The van der Waals surface area contributed by atoms with Crippen molar-refractivity contribution in [3.8, 4) is 0 Å². The molecule has 0 unspecified atom stereocenters. The minimum absolute atomic E-state index is 0.104. The Morgan fingerprint density at radius 3 is 2.94 bits per heavy atom. The number of ether oxygens (including phenoxy) is 1. The van der Waals surface area contributed by atoms with Gasteiger partial charge in [-0.25, -0.2) is 4.68 Å². The minimum Gasteiger partial charge on any atom is -0.362 e. The van der Waals surface area contributed by atoms with E-state index in [1.54, 1.807) is 24.2 Å². The number of hydrogen-bond acceptors (Lipinski definition) is 4. The summed E-state index contributed by atoms with van der Waals surface area (Å²) < 4.78 is 6.55. The Labute approximate surface area is 109 Å². The van der Waals surface area contributed by atoms with Crippen molar-refractivity contribution in [2.24, 2.45) is 0 Å². The molecule has 18 heavy (non-hydrogen) atoms. The third-order valence-corrected chi connectivity index (χ3v) is 3.69. The summed E-state index contributed by atoms with van der Waals surface area (Å²) in [5.41, 5.74) is 1.81. The SMILES string of the molecule is COCn1cc(NC(=O)c2cc(C)c(C)s2)cn1. The number of nitrogens with one attached hydrogen (secondary N) is 1. The van der Waals surface area contributed by atoms with E-state index in [0.717, 1.165) is 10.4 Å². The lowest BCUT2D eigenvalue weighted by atomic mass is 10.3. The first-order valence-corrected chi connectivity index (χ1v) is 6.31. The molecule has 0 aliphatic heterocycles. The molecule has 2 aromatic heterocycles. The number of anilines is 1. The molecule has 0 bridgehead atoms. The predicted octanol–water partition coefficient (Wildman–Crippen LogP) is 2.42. The van der Waals surface area contributed by atoms with Crippen LogP contribution in [0.15, 0.2) is 18.5 Å². The number of carbonyl (C=O) groups is 1. The molecule has 5 nitrogen and oxygen atoms in total. The van der Waals surface area contributed by atoms with Crippen LogP contribution < -0.4 is 5.32 Å². The van der Waals surface area contributed by atoms with Gasteiger partial charge in [-0.1, -0.05) is 0 Å². The van der Waals surface area contributed by atoms with Crippen LogP contribution in [0.25, 0.3) is 0 Å². The van der Waals surface area contributed by atoms with Crippen LogP contribution in [0.5, 0.6) is 0 Å². The van der Waals surface area contributed by atoms with Gasteiger partial charge in [-0.3, -0.25) is 4.79 Å². The molecule has 0 aliphatic carbocycles. The molecule has 0 spiro atoms. The van der Waals surface area contributed by atoms with Crippen molar-refractivity contribution in [1.29, 1.82) is 0 Å². The summed E-state index contributed by atoms with van der Waals surface area (Å²) in [5.74, 6) is -0.104. The van der Waals surface area contributed by atoms with Crippen LogP contribution in [0.1, 0.15) is 20.1 Å². The average molecular weight is 265 g/mol. The van der Waals surface area contributed by atoms with E-state index in [-0.39, 0.29) is 5.91 Å². The highest BCUT2D eigenvalue weighted by molar-refractivity contribution is 7.14. The van der Waals surface area contributed by atoms with E-state index in [1.165, 1.54) is 11.3 Å². The van der Waals surface area contributed by atoms with Crippen molar-refractivity contribution >= 4 is 22.9 Å². The van der Waals surface area contributed by atoms with Crippen LogP contribution in [0.4, 0.5) is 5.69 Å². The van der Waals surface area contributed by atoms with E-state index in [1.807, 2.05) is 19.9 Å². The number of aromatic nitrogens is 2. The van der Waals surface area contributed by atoms with Crippen molar-refractivity contribution in [3.05, 3.63) is 33.8 Å². The van der Waals surface area contributed by atoms with Gasteiger partial charge in [-0.05, 0) is 25.5 Å². The lowest BCUT2D eigenvalue weighted by molar-refractivity contribution is 0.103. The lowest BCUT2D eigenvalue weighted by Crippen LogP contribution is -2.09. The highest BCUT2D eigenvalue weighted by Crippen LogP contribution is 2.21. The summed E-state index contributed by atoms with van der Waals surface area (Å²) in [6.45, 7) is 4.37. The number of hydrogen-bond donors (Lipinski definition) is 1. The maximum Gasteiger partial charge on any atom is 0.265 e. The highest BCUT2D eigenvalue weighted by Gasteiger charge is 2.11. The lowest BCUT2D eigenvalue weighted by Gasteiger charge is -1.99. The van der Waals surface area contributed by atoms with Gasteiger partial charge < -0.3 is 10.1 Å². The number of thiophene rings is 1. The summed E-state index contributed by atoms with van der Waals surface area (Å²) in [5, 5.41) is 6.87. The van der Waals surface area contributed by atoms with Crippen molar-refractivity contribution in [3.63, 3.8) is 0 Å². The molecule has 1 N–H and O–H groups in total. The fraction of sp³-hybridized carbons (Fsp3) is 0.333. The van der Waals surface area contributed by atoms with E-state index in [0.29, 0.717) is 17.3 Å². The zero-order chi connectivity index (χ0) is 13.1. The molecule has 0 atom stereocenters. The van der Waals surface area contributed by atoms with Crippen LogP contribution in [-0.2, 0) is 11.5 Å². The fourth-order valence-corrected chi connectivity index (χ4v) is 2.44. The Morgan fingerprint density at radius 1 is 1.56 bits per heavy atom. The topological polar surface area (TPSA) is 56.1 Å². The van der Waals surface area contributed by atoms with E-state index >= 15 is 0 Å². The van der Waals surface area contributed by atoms with Gasteiger partial charge in [0.15, 0.2) is 0 Å². The normalized spacial score (nSPS) is 10.6. The van der Waals surface area contributed by atoms with Crippen molar-refractivity contribution in [1.82, 2.24) is 9.78 Å². The summed E-state index contributed by atoms with van der Waals surface area (Å²) in [7, 11) is 1.59. The molecular weight excluding hydrogens is 250 g/mol. The molecule has 0 saturated carbocycles. The molecule has 2 heterocycles. The van der Waals surface area contributed by atoms with E-state index in [4.69, 9.17) is 4.74 Å². The third kappa shape index (κ3) is 2.77. The molecule has 0 aromatic carbocycles. The van der Waals surface area contributed by atoms with Crippen LogP contribution in [-0.4, -0.2) is 22.8 Å². The van der Waals surface area contributed by atoms with Crippen LogP contribution >= 0.6 is 11.3 Å². The second kappa shape index (κ2) is 5.32. The maximum absolute atomic E-state index is 12.0. The molecule has 0 fully saturated rings. The summed E-state index contributed by atoms with van der Waals surface area (Å²) in [6, 6.07) is 1.90. The number of carbonyl (C=O) groups excluding carboxylic acids is 1. The summed E-state index contributed by atoms with van der Waals surface area (Å²) in [6.07, 6.45) is 3.33. The van der Waals surface area contributed by atoms with E-state index in [9.17, 15) is 4.79 Å². The number of amides is 1. The number of rotatable bonds is 4. The first-order chi connectivity index (χ1) is 8.60. The zero-order valence-electron chi connectivity index (χ0n) is 10.6. The first kappa shape index (κ1) is 12.8. The summed E-state index contributed by atoms with van der Waals surface area (Å²) >= 11 is 1.49. The third-order valence-electron chi connectivity index (χ3n) is 2.54. The van der Waals surface area contributed by atoms with E-state index < -0.39 is 0 Å². The van der Waals surface area contributed by atoms with Gasteiger partial charge in [-0.15, -0.1) is 11.3 Å². The van der Waals surface area contributed by atoms with Crippen molar-refractivity contribution < 1.29 is 9.53 Å². The van der Waals surface area contributed by atoms with Gasteiger partial charge in [0.05, 0.1) is 23.0 Å². The quantitative estimate of drug-likeness (QED) is 0.923. The van der Waals surface area contributed by atoms with Gasteiger partial charge in [-0.2, -0.15) is 5.10 Å². The van der Waals surface area contributed by atoms with Gasteiger partial charge in [0.1, 0.15) is 6.73 Å². The Hall–Kier alpha value is -1.66. The molecule has 2 aromatic rings. The van der Waals surface area contributed by atoms with Crippen molar-refractivity contribution in [2.45, 2.75) is 20.6 Å². The molecule has 2 rings (SSSR count). The zero-order valence-corrected chi connectivity index (χ0v) is 11.4. The standard InChI is InChI=1S/C12H15N3O2S/c1-8-4-11(18-9(8)2)12(16)14-10-5-13-15(6-10)7-17-3/h4-6H,7H2,1-3H3,(H,14,16). The Kier molecular flexibility index (Phi) is 3.78. The van der Waals surface area contributed by atoms with Crippen LogP contribution in [0, 0.1) is 13.8 Å². The van der Waals surface area contributed by atoms with Gasteiger partial charge in [0, 0.05) is 12.0 Å². The molecular formula is C12H15N3O2S. The highest BCUT2D eigenvalue weighted by atomic mass is 32.1. The van der Waals surface area contributed by atoms with Gasteiger partial charge in [0.25, 0.3) is 5.91 Å². The monoisotopic (exact) mass is 265 g/mol. The number of methoxy groups -OCH3 is 1. The van der Waals surface area contributed by atoms with E-state index in [2.05, 4.69) is 10.4 Å². The molecule has 96 valence electrons. The fourth-order valence-electron chi connectivity index (χ4n) is 1.51. The Balaban J connectivity index is 2.06. The Bertz CT molecular complexity index is 540. The van der Waals surface area contributed by atoms with Gasteiger partial charge >= 0.3 is 0 Å². The summed E-state index contributed by atoms with van der Waals surface area (Å²) in [4.78, 5) is 13.9. The smallest absolute Gasteiger partial charge is 0.265 e. The Morgan fingerprint density at radius 2 is 2.33 bits per heavy atom. The van der Waals surface area contributed by atoms with Crippen LogP contribution in [0.3, 0.4) is 0 Å². The molecule has 6 heteroatoms. The molecule has 0 saturated heterocycles. The van der Waals surface area contributed by atoms with Crippen molar-refractivity contribution in [2.75, 3.05) is 12.4 Å².